The van der Waals surface area contributed by atoms with Crippen LogP contribution in [0.5, 0.6) is 5.75 Å². The summed E-state index contributed by atoms with van der Waals surface area (Å²) < 4.78 is 5.23. The molecule has 5 heteroatoms. The molecular weight excluding hydrogens is 258 g/mol. The fourth-order valence-corrected chi connectivity index (χ4v) is 1.23. The van der Waals surface area contributed by atoms with Crippen molar-refractivity contribution in [3.63, 3.8) is 0 Å². The molecule has 0 aliphatic rings. The number of ether oxygens (including phenoxy) is 1. The first-order chi connectivity index (χ1) is 9.47. The van der Waals surface area contributed by atoms with Crippen molar-refractivity contribution in [2.75, 3.05) is 6.61 Å². The number of allylic oxidation sites excluding steroid dienone is 1. The standard InChI is InChI=1S/C15H19NO4/c1-11(2)4-9-15(18)20-16-14(17)10-19-13-7-5-12(3)6-8-13/h4-9,11H,10H2,1-3H3,(H,16,17)/b9-4+. The zero-order valence-corrected chi connectivity index (χ0v) is 11.9. The molecule has 0 spiro atoms. The van der Waals surface area contributed by atoms with Crippen LogP contribution in [-0.4, -0.2) is 18.5 Å². The second-order valence-electron chi connectivity index (χ2n) is 4.65. The molecule has 5 nitrogen and oxygen atoms in total. The molecule has 0 heterocycles. The molecular formula is C15H19NO4. The Balaban J connectivity index is 2.27. The van der Waals surface area contributed by atoms with Crippen LogP contribution < -0.4 is 10.2 Å². The number of carbonyl (C=O) groups excluding carboxylic acids is 2. The second kappa shape index (κ2) is 7.99. The third-order valence-corrected chi connectivity index (χ3v) is 2.27. The lowest BCUT2D eigenvalue weighted by Crippen LogP contribution is -2.30. The average Bonchev–Trinajstić information content (AvgIpc) is 2.42. The summed E-state index contributed by atoms with van der Waals surface area (Å²) in [7, 11) is 0. The number of aryl methyl sites for hydroxylation is 1. The first-order valence-electron chi connectivity index (χ1n) is 6.34. The van der Waals surface area contributed by atoms with Gasteiger partial charge in [0.05, 0.1) is 0 Å². The SMILES string of the molecule is Cc1ccc(OCC(=O)NOC(=O)/C=C/C(C)C)cc1. The predicted octanol–water partition coefficient (Wildman–Crippen LogP) is 2.16. The number of benzene rings is 1. The normalized spacial score (nSPS) is 10.6. The zero-order chi connectivity index (χ0) is 15.0. The topological polar surface area (TPSA) is 64.6 Å². The van der Waals surface area contributed by atoms with Gasteiger partial charge >= 0.3 is 5.97 Å². The van der Waals surface area contributed by atoms with Gasteiger partial charge in [0.25, 0.3) is 5.91 Å². The van der Waals surface area contributed by atoms with Crippen molar-refractivity contribution >= 4 is 11.9 Å². The fraction of sp³-hybridized carbons (Fsp3) is 0.333. The summed E-state index contributed by atoms with van der Waals surface area (Å²) in [6.45, 7) is 5.60. The molecule has 0 saturated heterocycles. The third-order valence-electron chi connectivity index (χ3n) is 2.27. The molecule has 1 aromatic carbocycles. The molecule has 0 atom stereocenters. The molecule has 0 aromatic heterocycles. The van der Waals surface area contributed by atoms with Crippen LogP contribution in [0.4, 0.5) is 0 Å². The molecule has 20 heavy (non-hydrogen) atoms. The number of hydroxylamine groups is 1. The van der Waals surface area contributed by atoms with Crippen LogP contribution >= 0.6 is 0 Å². The molecule has 0 fully saturated rings. The molecule has 0 bridgehead atoms. The van der Waals surface area contributed by atoms with Gasteiger partial charge in [-0.1, -0.05) is 37.6 Å². The first kappa shape index (κ1) is 15.8. The zero-order valence-electron chi connectivity index (χ0n) is 11.9. The number of carbonyl (C=O) groups is 2. The van der Waals surface area contributed by atoms with Crippen LogP contribution in [0, 0.1) is 12.8 Å². The molecule has 1 N–H and O–H groups in total. The van der Waals surface area contributed by atoms with Crippen LogP contribution in [0.2, 0.25) is 0 Å². The van der Waals surface area contributed by atoms with Gasteiger partial charge in [0.2, 0.25) is 0 Å². The van der Waals surface area contributed by atoms with Crippen LogP contribution in [0.15, 0.2) is 36.4 Å². The minimum atomic E-state index is -0.623. The summed E-state index contributed by atoms with van der Waals surface area (Å²) >= 11 is 0. The summed E-state index contributed by atoms with van der Waals surface area (Å²) in [5.74, 6) is -0.334. The molecule has 1 aromatic rings. The molecule has 1 amide bonds. The number of amides is 1. The van der Waals surface area contributed by atoms with E-state index in [4.69, 9.17) is 4.74 Å². The first-order valence-corrected chi connectivity index (χ1v) is 6.34. The van der Waals surface area contributed by atoms with Crippen LogP contribution in [-0.2, 0) is 14.4 Å². The molecule has 1 rings (SSSR count). The highest BCUT2D eigenvalue weighted by molar-refractivity contribution is 5.84. The van der Waals surface area contributed by atoms with E-state index in [0.717, 1.165) is 5.56 Å². The van der Waals surface area contributed by atoms with Crippen molar-refractivity contribution in [3.8, 4) is 5.75 Å². The van der Waals surface area contributed by atoms with E-state index in [1.807, 2.05) is 38.4 Å². The molecule has 0 unspecified atom stereocenters. The van der Waals surface area contributed by atoms with Crippen molar-refractivity contribution in [1.29, 1.82) is 0 Å². The lowest BCUT2D eigenvalue weighted by molar-refractivity contribution is -0.154. The van der Waals surface area contributed by atoms with Gasteiger partial charge in [0.15, 0.2) is 6.61 Å². The van der Waals surface area contributed by atoms with E-state index < -0.39 is 11.9 Å². The number of nitrogens with one attached hydrogen (secondary N) is 1. The summed E-state index contributed by atoms with van der Waals surface area (Å²) in [6.07, 6.45) is 2.95. The van der Waals surface area contributed by atoms with Gasteiger partial charge in [0.1, 0.15) is 5.75 Å². The van der Waals surface area contributed by atoms with E-state index in [1.165, 1.54) is 6.08 Å². The highest BCUT2D eigenvalue weighted by Crippen LogP contribution is 2.10. The largest absolute Gasteiger partial charge is 0.484 e. The van der Waals surface area contributed by atoms with E-state index in [1.54, 1.807) is 18.2 Å². The molecule has 0 radical (unpaired) electrons. The van der Waals surface area contributed by atoms with Crippen LogP contribution in [0.25, 0.3) is 0 Å². The Morgan fingerprint density at radius 3 is 2.50 bits per heavy atom. The number of hydrogen-bond acceptors (Lipinski definition) is 4. The van der Waals surface area contributed by atoms with Gasteiger partial charge in [0, 0.05) is 6.08 Å². The monoisotopic (exact) mass is 277 g/mol. The van der Waals surface area contributed by atoms with E-state index in [-0.39, 0.29) is 12.5 Å². The predicted molar refractivity (Wildman–Crippen MR) is 74.9 cm³/mol. The third kappa shape index (κ3) is 6.58. The summed E-state index contributed by atoms with van der Waals surface area (Å²) in [5.41, 5.74) is 3.13. The van der Waals surface area contributed by atoms with Gasteiger partial charge in [-0.15, -0.1) is 0 Å². The van der Waals surface area contributed by atoms with Gasteiger partial charge in [-0.2, -0.15) is 5.48 Å². The minimum absolute atomic E-state index is 0.218. The lowest BCUT2D eigenvalue weighted by Gasteiger charge is -2.06. The van der Waals surface area contributed by atoms with E-state index in [9.17, 15) is 9.59 Å². The maximum absolute atomic E-state index is 11.4. The Bertz CT molecular complexity index is 477. The highest BCUT2D eigenvalue weighted by atomic mass is 16.7. The lowest BCUT2D eigenvalue weighted by atomic mass is 10.2. The smallest absolute Gasteiger partial charge is 0.355 e. The van der Waals surface area contributed by atoms with Gasteiger partial charge in [-0.05, 0) is 25.0 Å². The average molecular weight is 277 g/mol. The highest BCUT2D eigenvalue weighted by Gasteiger charge is 2.05. The van der Waals surface area contributed by atoms with E-state index in [2.05, 4.69) is 4.84 Å². The molecule has 0 aliphatic carbocycles. The van der Waals surface area contributed by atoms with Crippen LogP contribution in [0.3, 0.4) is 0 Å². The molecule has 0 saturated carbocycles. The van der Waals surface area contributed by atoms with E-state index in [0.29, 0.717) is 5.75 Å². The Morgan fingerprint density at radius 2 is 1.90 bits per heavy atom. The minimum Gasteiger partial charge on any atom is -0.484 e. The summed E-state index contributed by atoms with van der Waals surface area (Å²) in [6, 6.07) is 7.29. The second-order valence-corrected chi connectivity index (χ2v) is 4.65. The van der Waals surface area contributed by atoms with Crippen molar-refractivity contribution in [1.82, 2.24) is 5.48 Å². The summed E-state index contributed by atoms with van der Waals surface area (Å²) in [5, 5.41) is 0. The Labute approximate surface area is 118 Å². The number of hydrogen-bond donors (Lipinski definition) is 1. The molecule has 108 valence electrons. The quantitative estimate of drug-likeness (QED) is 0.661. The Hall–Kier alpha value is -2.30. The maximum Gasteiger partial charge on any atom is 0.355 e. The van der Waals surface area contributed by atoms with Gasteiger partial charge in [-0.3, -0.25) is 4.79 Å². The Kier molecular flexibility index (Phi) is 6.29. The van der Waals surface area contributed by atoms with Crippen molar-refractivity contribution < 1.29 is 19.2 Å². The summed E-state index contributed by atoms with van der Waals surface area (Å²) in [4.78, 5) is 27.1. The van der Waals surface area contributed by atoms with Crippen LogP contribution in [0.1, 0.15) is 19.4 Å². The van der Waals surface area contributed by atoms with Crippen molar-refractivity contribution in [3.05, 3.63) is 42.0 Å². The molecule has 0 aliphatic heterocycles. The number of rotatable bonds is 5. The van der Waals surface area contributed by atoms with E-state index >= 15 is 0 Å². The van der Waals surface area contributed by atoms with Crippen molar-refractivity contribution in [2.45, 2.75) is 20.8 Å². The van der Waals surface area contributed by atoms with Gasteiger partial charge < -0.3 is 9.57 Å². The maximum atomic E-state index is 11.4. The fourth-order valence-electron chi connectivity index (χ4n) is 1.23. The Morgan fingerprint density at radius 1 is 1.25 bits per heavy atom. The van der Waals surface area contributed by atoms with Gasteiger partial charge in [-0.25, -0.2) is 4.79 Å². The van der Waals surface area contributed by atoms with Crippen molar-refractivity contribution in [2.24, 2.45) is 5.92 Å².